The fourth-order valence-corrected chi connectivity index (χ4v) is 3.45. The molecule has 0 saturated carbocycles. The van der Waals surface area contributed by atoms with Gasteiger partial charge in [-0.2, -0.15) is 0 Å². The molecule has 1 spiro atoms. The molecule has 0 radical (unpaired) electrons. The van der Waals surface area contributed by atoms with Crippen LogP contribution in [0.1, 0.15) is 26.2 Å². The molecule has 1 aromatic rings. The third-order valence-electron chi connectivity index (χ3n) is 4.54. The van der Waals surface area contributed by atoms with E-state index in [2.05, 4.69) is 24.0 Å². The lowest BCUT2D eigenvalue weighted by Crippen LogP contribution is -2.49. The second kappa shape index (κ2) is 5.62. The van der Waals surface area contributed by atoms with Crippen LogP contribution in [0.4, 0.5) is 11.4 Å². The van der Waals surface area contributed by atoms with Crippen LogP contribution in [0.3, 0.4) is 0 Å². The Morgan fingerprint density at radius 2 is 2.10 bits per heavy atom. The molecule has 2 aliphatic rings. The summed E-state index contributed by atoms with van der Waals surface area (Å²) in [4.78, 5) is 2.47. The third kappa shape index (κ3) is 2.63. The van der Waals surface area contributed by atoms with Crippen LogP contribution < -0.4 is 10.6 Å². The van der Waals surface area contributed by atoms with Crippen LogP contribution in [-0.2, 0) is 9.47 Å². The summed E-state index contributed by atoms with van der Waals surface area (Å²) in [6.07, 6.45) is 3.17. The molecule has 20 heavy (non-hydrogen) atoms. The standard InChI is InChI=1S/C16H24N2O2/c1-2-18(14-5-3-13(17)4-6-14)15-7-9-20-16(11-15)8-10-19-12-16/h3-6,15H,2,7-12,17H2,1H3. The van der Waals surface area contributed by atoms with E-state index in [1.54, 1.807) is 0 Å². The van der Waals surface area contributed by atoms with E-state index in [0.29, 0.717) is 6.04 Å². The molecule has 2 atom stereocenters. The highest BCUT2D eigenvalue weighted by Crippen LogP contribution is 2.36. The van der Waals surface area contributed by atoms with Gasteiger partial charge in [-0.3, -0.25) is 0 Å². The molecule has 0 bridgehead atoms. The van der Waals surface area contributed by atoms with Crippen molar-refractivity contribution in [3.05, 3.63) is 24.3 Å². The van der Waals surface area contributed by atoms with Gasteiger partial charge in [-0.15, -0.1) is 0 Å². The Bertz CT molecular complexity index is 440. The van der Waals surface area contributed by atoms with Gasteiger partial charge < -0.3 is 20.1 Å². The van der Waals surface area contributed by atoms with Gasteiger partial charge >= 0.3 is 0 Å². The van der Waals surface area contributed by atoms with Gasteiger partial charge in [-0.05, 0) is 44.0 Å². The summed E-state index contributed by atoms with van der Waals surface area (Å²) in [5.74, 6) is 0. The maximum Gasteiger partial charge on any atom is 0.0956 e. The summed E-state index contributed by atoms with van der Waals surface area (Å²) in [6, 6.07) is 8.72. The molecule has 2 N–H and O–H groups in total. The van der Waals surface area contributed by atoms with E-state index in [4.69, 9.17) is 15.2 Å². The quantitative estimate of drug-likeness (QED) is 0.861. The number of anilines is 2. The lowest BCUT2D eigenvalue weighted by Gasteiger charge is -2.43. The number of nitrogens with two attached hydrogens (primary N) is 1. The van der Waals surface area contributed by atoms with Crippen LogP contribution in [0.15, 0.2) is 24.3 Å². The Labute approximate surface area is 120 Å². The number of nitrogen functional groups attached to an aromatic ring is 1. The maximum absolute atomic E-state index is 6.03. The summed E-state index contributed by atoms with van der Waals surface area (Å²) >= 11 is 0. The van der Waals surface area contributed by atoms with E-state index >= 15 is 0 Å². The van der Waals surface area contributed by atoms with Crippen LogP contribution in [0.25, 0.3) is 0 Å². The van der Waals surface area contributed by atoms with Crippen LogP contribution in [0, 0.1) is 0 Å². The molecule has 4 nitrogen and oxygen atoms in total. The number of hydrogen-bond donors (Lipinski definition) is 1. The van der Waals surface area contributed by atoms with E-state index in [0.717, 1.165) is 51.3 Å². The average Bonchev–Trinajstić information content (AvgIpc) is 2.90. The number of hydrogen-bond acceptors (Lipinski definition) is 4. The van der Waals surface area contributed by atoms with E-state index in [1.807, 2.05) is 12.1 Å². The van der Waals surface area contributed by atoms with Crippen molar-refractivity contribution in [3.8, 4) is 0 Å². The van der Waals surface area contributed by atoms with Gasteiger partial charge in [-0.1, -0.05) is 0 Å². The molecule has 2 fully saturated rings. The largest absolute Gasteiger partial charge is 0.399 e. The van der Waals surface area contributed by atoms with Gasteiger partial charge in [0, 0.05) is 43.6 Å². The molecular formula is C16H24N2O2. The van der Waals surface area contributed by atoms with Crippen molar-refractivity contribution in [2.45, 2.75) is 37.8 Å². The number of rotatable bonds is 3. The Morgan fingerprint density at radius 3 is 2.75 bits per heavy atom. The molecule has 0 aliphatic carbocycles. The molecule has 2 unspecified atom stereocenters. The summed E-state index contributed by atoms with van der Waals surface area (Å²) in [7, 11) is 0. The predicted octanol–water partition coefficient (Wildman–Crippen LogP) is 2.43. The zero-order valence-corrected chi connectivity index (χ0v) is 12.2. The van der Waals surface area contributed by atoms with Crippen LogP contribution in [0.2, 0.25) is 0 Å². The van der Waals surface area contributed by atoms with Crippen molar-refractivity contribution in [3.63, 3.8) is 0 Å². The molecule has 0 aromatic heterocycles. The van der Waals surface area contributed by atoms with Gasteiger partial charge in [0.05, 0.1) is 12.2 Å². The van der Waals surface area contributed by atoms with E-state index < -0.39 is 0 Å². The van der Waals surface area contributed by atoms with Crippen LogP contribution >= 0.6 is 0 Å². The summed E-state index contributed by atoms with van der Waals surface area (Å²) in [5, 5.41) is 0. The second-order valence-corrected chi connectivity index (χ2v) is 5.86. The van der Waals surface area contributed by atoms with Gasteiger partial charge in [0.15, 0.2) is 0 Å². The van der Waals surface area contributed by atoms with Crippen molar-refractivity contribution in [1.82, 2.24) is 0 Å². The first-order valence-corrected chi connectivity index (χ1v) is 7.56. The Kier molecular flexibility index (Phi) is 3.85. The number of nitrogens with zero attached hydrogens (tertiary/aromatic N) is 1. The Hall–Kier alpha value is -1.26. The molecule has 2 heterocycles. The first kappa shape index (κ1) is 13.7. The highest BCUT2D eigenvalue weighted by Gasteiger charge is 2.42. The highest BCUT2D eigenvalue weighted by molar-refractivity contribution is 5.53. The molecule has 4 heteroatoms. The minimum Gasteiger partial charge on any atom is -0.399 e. The fourth-order valence-electron chi connectivity index (χ4n) is 3.45. The van der Waals surface area contributed by atoms with E-state index in [1.165, 1.54) is 5.69 Å². The molecule has 0 amide bonds. The van der Waals surface area contributed by atoms with Crippen molar-refractivity contribution in [2.24, 2.45) is 0 Å². The van der Waals surface area contributed by atoms with Gasteiger partial charge in [0.25, 0.3) is 0 Å². The highest BCUT2D eigenvalue weighted by atomic mass is 16.6. The lowest BCUT2D eigenvalue weighted by atomic mass is 9.88. The topological polar surface area (TPSA) is 47.7 Å². The lowest BCUT2D eigenvalue weighted by molar-refractivity contribution is -0.0858. The second-order valence-electron chi connectivity index (χ2n) is 5.86. The molecular weight excluding hydrogens is 252 g/mol. The Balaban J connectivity index is 1.76. The van der Waals surface area contributed by atoms with Gasteiger partial charge in [-0.25, -0.2) is 0 Å². The van der Waals surface area contributed by atoms with E-state index in [-0.39, 0.29) is 5.60 Å². The van der Waals surface area contributed by atoms with Crippen LogP contribution in [-0.4, -0.2) is 38.0 Å². The minimum absolute atomic E-state index is 0.0376. The third-order valence-corrected chi connectivity index (χ3v) is 4.54. The number of ether oxygens (including phenoxy) is 2. The van der Waals surface area contributed by atoms with Crippen molar-refractivity contribution < 1.29 is 9.47 Å². The molecule has 110 valence electrons. The summed E-state index contributed by atoms with van der Waals surface area (Å²) in [6.45, 7) is 5.64. The number of benzene rings is 1. The average molecular weight is 276 g/mol. The van der Waals surface area contributed by atoms with Crippen molar-refractivity contribution >= 4 is 11.4 Å². The Morgan fingerprint density at radius 1 is 1.30 bits per heavy atom. The molecule has 2 saturated heterocycles. The maximum atomic E-state index is 6.03. The van der Waals surface area contributed by atoms with Gasteiger partial charge in [0.2, 0.25) is 0 Å². The van der Waals surface area contributed by atoms with Crippen LogP contribution in [0.5, 0.6) is 0 Å². The van der Waals surface area contributed by atoms with Crippen molar-refractivity contribution in [1.29, 1.82) is 0 Å². The monoisotopic (exact) mass is 276 g/mol. The van der Waals surface area contributed by atoms with E-state index in [9.17, 15) is 0 Å². The normalized spacial score (nSPS) is 29.8. The van der Waals surface area contributed by atoms with Crippen molar-refractivity contribution in [2.75, 3.05) is 37.0 Å². The molecule has 2 aliphatic heterocycles. The first-order valence-electron chi connectivity index (χ1n) is 7.56. The van der Waals surface area contributed by atoms with Gasteiger partial charge in [0.1, 0.15) is 0 Å². The summed E-state index contributed by atoms with van der Waals surface area (Å²) in [5.41, 5.74) is 7.82. The molecule has 1 aromatic carbocycles. The SMILES string of the molecule is CCN(c1ccc(N)cc1)C1CCOC2(CCOC2)C1. The minimum atomic E-state index is -0.0376. The molecule has 3 rings (SSSR count). The smallest absolute Gasteiger partial charge is 0.0956 e. The fraction of sp³-hybridized carbons (Fsp3) is 0.625. The summed E-state index contributed by atoms with van der Waals surface area (Å²) < 4.78 is 11.6. The zero-order valence-electron chi connectivity index (χ0n) is 12.2. The zero-order chi connectivity index (χ0) is 14.0. The predicted molar refractivity (Wildman–Crippen MR) is 81.0 cm³/mol. The first-order chi connectivity index (χ1) is 9.72.